The van der Waals surface area contributed by atoms with Crippen molar-refractivity contribution in [2.45, 2.75) is 25.9 Å². The van der Waals surface area contributed by atoms with E-state index in [2.05, 4.69) is 20.6 Å². The molecule has 0 amide bonds. The van der Waals surface area contributed by atoms with Crippen LogP contribution in [0.4, 0.5) is 14.5 Å². The Morgan fingerprint density at radius 1 is 1.22 bits per heavy atom. The van der Waals surface area contributed by atoms with Gasteiger partial charge in [0.1, 0.15) is 11.6 Å². The van der Waals surface area contributed by atoms with Gasteiger partial charge in [-0.2, -0.15) is 0 Å². The van der Waals surface area contributed by atoms with E-state index in [0.29, 0.717) is 42.9 Å². The molecule has 9 heteroatoms. The Bertz CT molecular complexity index is 1070. The summed E-state index contributed by atoms with van der Waals surface area (Å²) in [6, 6.07) is 11.8. The fourth-order valence-corrected chi connectivity index (χ4v) is 3.63. The summed E-state index contributed by atoms with van der Waals surface area (Å²) in [5.74, 6) is 0.766. The number of aryl methyl sites for hydroxylation is 1. The molecule has 6 nitrogen and oxygen atoms in total. The third-order valence-corrected chi connectivity index (χ3v) is 5.30. The fourth-order valence-electron chi connectivity index (χ4n) is 3.63. The largest absolute Gasteiger partial charge is 0.439 e. The minimum absolute atomic E-state index is 0. The first-order valence-corrected chi connectivity index (χ1v) is 10.2. The van der Waals surface area contributed by atoms with E-state index in [9.17, 15) is 8.78 Å². The molecule has 1 saturated heterocycles. The first-order valence-electron chi connectivity index (χ1n) is 10.2. The minimum atomic E-state index is -0.572. The summed E-state index contributed by atoms with van der Waals surface area (Å²) >= 11 is 0. The van der Waals surface area contributed by atoms with E-state index in [1.165, 1.54) is 17.7 Å². The standard InChI is InChI=1S/C23H25F2N5O.HI/c1-15-3-5-16(6-4-15)21-12-27-22(31-21)13-28-23(26-2)29-18-9-10-30(14-18)20-8-7-17(24)11-19(20)25;/h3-8,11-12,18H,9-10,13-14H2,1-2H3,(H2,26,28,29);1H. The molecule has 170 valence electrons. The van der Waals surface area contributed by atoms with Crippen molar-refractivity contribution < 1.29 is 13.2 Å². The van der Waals surface area contributed by atoms with Gasteiger partial charge in [-0.1, -0.05) is 29.8 Å². The maximum Gasteiger partial charge on any atom is 0.214 e. The van der Waals surface area contributed by atoms with Crippen molar-refractivity contribution in [2.75, 3.05) is 25.0 Å². The van der Waals surface area contributed by atoms with E-state index in [1.807, 2.05) is 36.1 Å². The third kappa shape index (κ3) is 5.76. The Balaban J connectivity index is 0.00000289. The number of nitrogens with zero attached hydrogens (tertiary/aromatic N) is 3. The molecule has 1 aliphatic rings. The van der Waals surface area contributed by atoms with Gasteiger partial charge in [0.15, 0.2) is 11.7 Å². The van der Waals surface area contributed by atoms with Gasteiger partial charge in [-0.15, -0.1) is 24.0 Å². The van der Waals surface area contributed by atoms with E-state index in [0.717, 1.165) is 18.1 Å². The van der Waals surface area contributed by atoms with Crippen LogP contribution in [0.1, 0.15) is 17.9 Å². The molecule has 2 heterocycles. The van der Waals surface area contributed by atoms with Gasteiger partial charge in [-0.05, 0) is 25.5 Å². The molecule has 2 N–H and O–H groups in total. The van der Waals surface area contributed by atoms with Crippen LogP contribution < -0.4 is 15.5 Å². The van der Waals surface area contributed by atoms with Crippen LogP contribution in [0.15, 0.2) is 58.1 Å². The molecule has 32 heavy (non-hydrogen) atoms. The van der Waals surface area contributed by atoms with Crippen LogP contribution in [0.2, 0.25) is 0 Å². The number of nitrogens with one attached hydrogen (secondary N) is 2. The molecule has 1 atom stereocenters. The normalized spacial score (nSPS) is 16.1. The number of aromatic nitrogens is 1. The number of halogens is 3. The summed E-state index contributed by atoms with van der Waals surface area (Å²) in [7, 11) is 1.69. The zero-order valence-electron chi connectivity index (χ0n) is 17.9. The van der Waals surface area contributed by atoms with Crippen LogP contribution in [-0.4, -0.2) is 37.1 Å². The van der Waals surface area contributed by atoms with Gasteiger partial charge in [0, 0.05) is 37.8 Å². The second kappa shape index (κ2) is 10.8. The lowest BCUT2D eigenvalue weighted by atomic mass is 10.1. The summed E-state index contributed by atoms with van der Waals surface area (Å²) in [5, 5.41) is 6.54. The van der Waals surface area contributed by atoms with E-state index in [4.69, 9.17) is 4.42 Å². The predicted molar refractivity (Wildman–Crippen MR) is 132 cm³/mol. The van der Waals surface area contributed by atoms with Crippen LogP contribution in [0.5, 0.6) is 0 Å². The number of aliphatic imine (C=N–C) groups is 1. The SMILES string of the molecule is CN=C(NCc1ncc(-c2ccc(C)cc2)o1)NC1CCN(c2ccc(F)cc2F)C1.I. The molecular weight excluding hydrogens is 527 g/mol. The summed E-state index contributed by atoms with van der Waals surface area (Å²) < 4.78 is 33.1. The Kier molecular flexibility index (Phi) is 8.05. The fraction of sp³-hybridized carbons (Fsp3) is 0.304. The number of anilines is 1. The van der Waals surface area contributed by atoms with Crippen molar-refractivity contribution in [1.29, 1.82) is 0 Å². The molecule has 0 bridgehead atoms. The quantitative estimate of drug-likeness (QED) is 0.277. The van der Waals surface area contributed by atoms with Crippen molar-refractivity contribution in [3.63, 3.8) is 0 Å². The Morgan fingerprint density at radius 2 is 2.00 bits per heavy atom. The molecule has 4 rings (SSSR count). The van der Waals surface area contributed by atoms with Crippen molar-refractivity contribution in [3.05, 3.63) is 71.8 Å². The molecule has 0 aliphatic carbocycles. The van der Waals surface area contributed by atoms with Crippen molar-refractivity contribution in [3.8, 4) is 11.3 Å². The van der Waals surface area contributed by atoms with Crippen LogP contribution in [0.3, 0.4) is 0 Å². The maximum absolute atomic E-state index is 14.1. The monoisotopic (exact) mass is 553 g/mol. The first kappa shape index (κ1) is 24.0. The summed E-state index contributed by atoms with van der Waals surface area (Å²) in [5.41, 5.74) is 2.58. The Morgan fingerprint density at radius 3 is 2.72 bits per heavy atom. The number of oxazole rings is 1. The van der Waals surface area contributed by atoms with Crippen molar-refractivity contribution in [1.82, 2.24) is 15.6 Å². The van der Waals surface area contributed by atoms with E-state index in [1.54, 1.807) is 13.2 Å². The van der Waals surface area contributed by atoms with Gasteiger partial charge in [-0.25, -0.2) is 13.8 Å². The highest BCUT2D eigenvalue weighted by Gasteiger charge is 2.25. The molecule has 0 saturated carbocycles. The zero-order chi connectivity index (χ0) is 21.8. The van der Waals surface area contributed by atoms with Crippen LogP contribution in [0, 0.1) is 18.6 Å². The van der Waals surface area contributed by atoms with Gasteiger partial charge in [-0.3, -0.25) is 4.99 Å². The number of hydrogen-bond acceptors (Lipinski definition) is 4. The summed E-state index contributed by atoms with van der Waals surface area (Å²) in [6.07, 6.45) is 2.53. The average Bonchev–Trinajstić information content (AvgIpc) is 3.41. The second-order valence-corrected chi connectivity index (χ2v) is 7.58. The predicted octanol–water partition coefficient (Wildman–Crippen LogP) is 4.49. The molecular formula is C23H26F2IN5O. The topological polar surface area (TPSA) is 65.7 Å². The second-order valence-electron chi connectivity index (χ2n) is 7.58. The van der Waals surface area contributed by atoms with Gasteiger partial charge in [0.25, 0.3) is 0 Å². The molecule has 1 unspecified atom stereocenters. The minimum Gasteiger partial charge on any atom is -0.439 e. The molecule has 3 aromatic rings. The van der Waals surface area contributed by atoms with Crippen LogP contribution in [0.25, 0.3) is 11.3 Å². The van der Waals surface area contributed by atoms with E-state index >= 15 is 0 Å². The van der Waals surface area contributed by atoms with Gasteiger partial charge >= 0.3 is 0 Å². The first-order chi connectivity index (χ1) is 15.0. The van der Waals surface area contributed by atoms with Gasteiger partial charge < -0.3 is 20.0 Å². The lowest BCUT2D eigenvalue weighted by molar-refractivity contribution is 0.496. The summed E-state index contributed by atoms with van der Waals surface area (Å²) in [6.45, 7) is 3.70. The number of rotatable bonds is 5. The third-order valence-electron chi connectivity index (χ3n) is 5.30. The molecule has 0 radical (unpaired) electrons. The summed E-state index contributed by atoms with van der Waals surface area (Å²) in [4.78, 5) is 10.5. The maximum atomic E-state index is 14.1. The smallest absolute Gasteiger partial charge is 0.214 e. The van der Waals surface area contributed by atoms with E-state index in [-0.39, 0.29) is 30.0 Å². The molecule has 1 fully saturated rings. The lowest BCUT2D eigenvalue weighted by Crippen LogP contribution is -2.44. The Labute approximate surface area is 203 Å². The zero-order valence-corrected chi connectivity index (χ0v) is 20.3. The number of hydrogen-bond donors (Lipinski definition) is 2. The molecule has 0 spiro atoms. The highest BCUT2D eigenvalue weighted by Crippen LogP contribution is 2.24. The average molecular weight is 553 g/mol. The van der Waals surface area contributed by atoms with Crippen molar-refractivity contribution >= 4 is 35.6 Å². The van der Waals surface area contributed by atoms with Crippen molar-refractivity contribution in [2.24, 2.45) is 4.99 Å². The number of guanidine groups is 1. The van der Waals surface area contributed by atoms with Crippen LogP contribution in [-0.2, 0) is 6.54 Å². The Hall–Kier alpha value is -2.69. The van der Waals surface area contributed by atoms with E-state index < -0.39 is 11.6 Å². The highest BCUT2D eigenvalue weighted by atomic mass is 127. The van der Waals surface area contributed by atoms with Gasteiger partial charge in [0.05, 0.1) is 18.4 Å². The number of benzene rings is 2. The lowest BCUT2D eigenvalue weighted by Gasteiger charge is -2.20. The van der Waals surface area contributed by atoms with Crippen LogP contribution >= 0.6 is 24.0 Å². The molecule has 1 aromatic heterocycles. The molecule has 2 aromatic carbocycles. The highest BCUT2D eigenvalue weighted by molar-refractivity contribution is 14.0. The van der Waals surface area contributed by atoms with Gasteiger partial charge in [0.2, 0.25) is 5.89 Å². The molecule has 1 aliphatic heterocycles.